The molecule has 0 heterocycles. The molecule has 3 nitrogen and oxygen atoms in total. The van der Waals surface area contributed by atoms with Crippen molar-refractivity contribution in [1.29, 1.82) is 0 Å². The van der Waals surface area contributed by atoms with Gasteiger partial charge in [-0.25, -0.2) is 4.79 Å². The lowest BCUT2D eigenvalue weighted by molar-refractivity contribution is -0.144. The molecule has 1 aromatic rings. The van der Waals surface area contributed by atoms with Crippen LogP contribution in [0.15, 0.2) is 24.3 Å². The second-order valence-corrected chi connectivity index (χ2v) is 7.08. The maximum Gasteiger partial charge on any atom is 0.328 e. The Kier molecular flexibility index (Phi) is 3.92. The molecule has 1 unspecified atom stereocenters. The van der Waals surface area contributed by atoms with Gasteiger partial charge in [0.05, 0.1) is 0 Å². The van der Waals surface area contributed by atoms with Crippen LogP contribution in [0.2, 0.25) is 0 Å². The van der Waals surface area contributed by atoms with Gasteiger partial charge >= 0.3 is 5.97 Å². The minimum Gasteiger partial charge on any atom is -0.480 e. The van der Waals surface area contributed by atoms with Crippen molar-refractivity contribution in [3.05, 3.63) is 35.4 Å². The molecule has 20 heavy (non-hydrogen) atoms. The molecular weight excluding hydrogens is 250 g/mol. The average Bonchev–Trinajstić information content (AvgIpc) is 3.19. The zero-order valence-corrected chi connectivity index (χ0v) is 12.9. The largest absolute Gasteiger partial charge is 0.480 e. The third-order valence-corrected chi connectivity index (χ3v) is 4.20. The summed E-state index contributed by atoms with van der Waals surface area (Å²) in [5, 5.41) is 12.8. The normalized spacial score (nSPS) is 18.6. The maximum atomic E-state index is 11.7. The first-order valence-corrected chi connectivity index (χ1v) is 7.33. The number of hydrogen-bond donors (Lipinski definition) is 2. The third-order valence-electron chi connectivity index (χ3n) is 4.20. The van der Waals surface area contributed by atoms with E-state index in [2.05, 4.69) is 26.1 Å². The highest BCUT2D eigenvalue weighted by atomic mass is 16.4. The first kappa shape index (κ1) is 15.0. The Bertz CT molecular complexity index is 483. The van der Waals surface area contributed by atoms with Gasteiger partial charge in [-0.1, -0.05) is 45.0 Å². The highest BCUT2D eigenvalue weighted by molar-refractivity contribution is 5.80. The van der Waals surface area contributed by atoms with E-state index >= 15 is 0 Å². The van der Waals surface area contributed by atoms with Crippen molar-refractivity contribution in [1.82, 2.24) is 5.32 Å². The van der Waals surface area contributed by atoms with E-state index < -0.39 is 11.5 Å². The Morgan fingerprint density at radius 3 is 2.05 bits per heavy atom. The van der Waals surface area contributed by atoms with Gasteiger partial charge in [0.1, 0.15) is 5.54 Å². The second kappa shape index (κ2) is 5.21. The summed E-state index contributed by atoms with van der Waals surface area (Å²) < 4.78 is 0. The molecular formula is C17H25NO2. The van der Waals surface area contributed by atoms with Crippen LogP contribution in [0.4, 0.5) is 0 Å². The Balaban J connectivity index is 2.22. The van der Waals surface area contributed by atoms with Crippen molar-refractivity contribution >= 4 is 5.97 Å². The number of aliphatic carboxylic acids is 1. The van der Waals surface area contributed by atoms with Gasteiger partial charge in [-0.2, -0.15) is 0 Å². The van der Waals surface area contributed by atoms with Gasteiger partial charge in [-0.3, -0.25) is 5.32 Å². The Labute approximate surface area is 121 Å². The number of benzene rings is 1. The summed E-state index contributed by atoms with van der Waals surface area (Å²) in [6.45, 7) is 9.00. The van der Waals surface area contributed by atoms with Gasteiger partial charge in [-0.15, -0.1) is 0 Å². The Morgan fingerprint density at radius 2 is 1.65 bits per heavy atom. The van der Waals surface area contributed by atoms with Crippen LogP contribution in [-0.4, -0.2) is 17.6 Å². The highest BCUT2D eigenvalue weighted by Crippen LogP contribution is 2.31. The Hall–Kier alpha value is -1.35. The van der Waals surface area contributed by atoms with E-state index in [4.69, 9.17) is 0 Å². The Morgan fingerprint density at radius 1 is 1.15 bits per heavy atom. The number of rotatable bonds is 5. The van der Waals surface area contributed by atoms with Crippen molar-refractivity contribution in [3.63, 3.8) is 0 Å². The second-order valence-electron chi connectivity index (χ2n) is 7.08. The molecule has 0 amide bonds. The monoisotopic (exact) mass is 275 g/mol. The van der Waals surface area contributed by atoms with Crippen molar-refractivity contribution in [2.45, 2.75) is 51.5 Å². The standard InChI is InChI=1S/C17H25NO2/c1-16(2,3)13-7-9-14(10-8-13)17(4,15(19)20)18-11-12-5-6-12/h7-10,12,18H,5-6,11H2,1-4H3,(H,19,20). The van der Waals surface area contributed by atoms with Gasteiger partial charge in [0.25, 0.3) is 0 Å². The smallest absolute Gasteiger partial charge is 0.328 e. The quantitative estimate of drug-likeness (QED) is 0.867. The van der Waals surface area contributed by atoms with Crippen molar-refractivity contribution in [2.24, 2.45) is 5.92 Å². The van der Waals surface area contributed by atoms with Crippen LogP contribution in [0.25, 0.3) is 0 Å². The van der Waals surface area contributed by atoms with Gasteiger partial charge in [0.2, 0.25) is 0 Å². The lowest BCUT2D eigenvalue weighted by atomic mass is 9.84. The molecule has 0 bridgehead atoms. The molecule has 1 aliphatic carbocycles. The average molecular weight is 275 g/mol. The number of carboxylic acids is 1. The van der Waals surface area contributed by atoms with Gasteiger partial charge in [0, 0.05) is 0 Å². The van der Waals surface area contributed by atoms with Gasteiger partial charge in [0.15, 0.2) is 0 Å². The van der Waals surface area contributed by atoms with Crippen LogP contribution in [0.5, 0.6) is 0 Å². The minimum absolute atomic E-state index is 0.0829. The molecule has 1 fully saturated rings. The zero-order valence-electron chi connectivity index (χ0n) is 12.9. The van der Waals surface area contributed by atoms with Crippen LogP contribution in [0.3, 0.4) is 0 Å². The van der Waals surface area contributed by atoms with E-state index in [1.807, 2.05) is 24.3 Å². The fourth-order valence-corrected chi connectivity index (χ4v) is 2.28. The van der Waals surface area contributed by atoms with Crippen LogP contribution in [-0.2, 0) is 15.7 Å². The summed E-state index contributed by atoms with van der Waals surface area (Å²) in [5.74, 6) is -0.163. The van der Waals surface area contributed by atoms with E-state index in [1.54, 1.807) is 6.92 Å². The molecule has 1 saturated carbocycles. The first-order valence-electron chi connectivity index (χ1n) is 7.33. The van der Waals surface area contributed by atoms with Crippen molar-refractivity contribution in [2.75, 3.05) is 6.54 Å². The summed E-state index contributed by atoms with van der Waals surface area (Å²) in [6.07, 6.45) is 2.43. The molecule has 1 aliphatic rings. The number of hydrogen-bond acceptors (Lipinski definition) is 2. The third kappa shape index (κ3) is 3.21. The molecule has 0 saturated heterocycles. The summed E-state index contributed by atoms with van der Waals surface area (Å²) in [4.78, 5) is 11.7. The topological polar surface area (TPSA) is 49.3 Å². The van der Waals surface area contributed by atoms with Crippen LogP contribution >= 0.6 is 0 Å². The molecule has 2 rings (SSSR count). The fraction of sp³-hybridized carbons (Fsp3) is 0.588. The predicted molar refractivity (Wildman–Crippen MR) is 80.9 cm³/mol. The molecule has 0 aliphatic heterocycles. The number of nitrogens with one attached hydrogen (secondary N) is 1. The van der Waals surface area contributed by atoms with Gasteiger partial charge < -0.3 is 5.11 Å². The molecule has 3 heteroatoms. The van der Waals surface area contributed by atoms with Crippen LogP contribution in [0.1, 0.15) is 51.7 Å². The van der Waals surface area contributed by atoms with Crippen LogP contribution in [0, 0.1) is 5.92 Å². The molecule has 1 aromatic carbocycles. The van der Waals surface area contributed by atoms with Crippen LogP contribution < -0.4 is 5.32 Å². The molecule has 0 spiro atoms. The van der Waals surface area contributed by atoms with E-state index in [0.29, 0.717) is 5.92 Å². The lowest BCUT2D eigenvalue weighted by Crippen LogP contribution is -2.47. The minimum atomic E-state index is -1.00. The fourth-order valence-electron chi connectivity index (χ4n) is 2.28. The van der Waals surface area contributed by atoms with Crippen molar-refractivity contribution in [3.8, 4) is 0 Å². The maximum absolute atomic E-state index is 11.7. The summed E-state index contributed by atoms with van der Waals surface area (Å²) >= 11 is 0. The van der Waals surface area contributed by atoms with E-state index in [0.717, 1.165) is 12.1 Å². The summed E-state index contributed by atoms with van der Waals surface area (Å²) in [5.41, 5.74) is 1.12. The molecule has 2 N–H and O–H groups in total. The number of carbonyl (C=O) groups is 1. The molecule has 110 valence electrons. The highest BCUT2D eigenvalue weighted by Gasteiger charge is 2.36. The molecule has 1 atom stereocenters. The molecule has 0 radical (unpaired) electrons. The first-order chi connectivity index (χ1) is 9.23. The van der Waals surface area contributed by atoms with E-state index in [1.165, 1.54) is 18.4 Å². The SMILES string of the molecule is CC(C)(C)c1ccc(C(C)(NCC2CC2)C(=O)O)cc1. The van der Waals surface area contributed by atoms with Crippen molar-refractivity contribution < 1.29 is 9.90 Å². The number of carboxylic acid groups (broad SMARTS) is 1. The summed E-state index contributed by atoms with van der Waals surface area (Å²) in [7, 11) is 0. The zero-order chi connectivity index (χ0) is 15.0. The van der Waals surface area contributed by atoms with E-state index in [-0.39, 0.29) is 5.41 Å². The molecule has 0 aromatic heterocycles. The predicted octanol–water partition coefficient (Wildman–Crippen LogP) is 3.28. The van der Waals surface area contributed by atoms with Gasteiger partial charge in [-0.05, 0) is 48.8 Å². The lowest BCUT2D eigenvalue weighted by Gasteiger charge is -2.28. The summed E-state index contributed by atoms with van der Waals surface area (Å²) in [6, 6.07) is 7.95. The van der Waals surface area contributed by atoms with E-state index in [9.17, 15) is 9.90 Å².